The van der Waals surface area contributed by atoms with Crippen LogP contribution in [-0.2, 0) is 9.59 Å². The molecule has 3 atom stereocenters. The minimum absolute atomic E-state index is 0.00794. The van der Waals surface area contributed by atoms with Crippen LogP contribution in [0.25, 0.3) is 6.08 Å². The zero-order valence-electron chi connectivity index (χ0n) is 15.5. The standard InChI is InChI=1S/C21H23FN2O3S/c22-17-4-2-1-3-15(17)11-18-20(26)24(21(27)28-18)8-7-23-19(25)12-16-10-13-5-6-14(16)9-13/h1-4,11,13-14,16H,5-10,12H2,(H,23,25)/b18-11-/t13-,14+,16+/m0/s1. The highest BCUT2D eigenvalue weighted by Crippen LogP contribution is 2.49. The molecule has 3 fully saturated rings. The number of imide groups is 1. The van der Waals surface area contributed by atoms with Gasteiger partial charge in [-0.25, -0.2) is 4.39 Å². The van der Waals surface area contributed by atoms with Crippen LogP contribution in [0.4, 0.5) is 9.18 Å². The first-order valence-corrected chi connectivity index (χ1v) is 10.6. The number of halogens is 1. The molecule has 1 N–H and O–H groups in total. The van der Waals surface area contributed by atoms with Crippen molar-refractivity contribution in [3.8, 4) is 0 Å². The van der Waals surface area contributed by atoms with E-state index < -0.39 is 17.0 Å². The first-order chi connectivity index (χ1) is 13.5. The molecule has 5 nitrogen and oxygen atoms in total. The van der Waals surface area contributed by atoms with Crippen LogP contribution in [0.15, 0.2) is 29.2 Å². The van der Waals surface area contributed by atoms with Gasteiger partial charge >= 0.3 is 0 Å². The van der Waals surface area contributed by atoms with Crippen LogP contribution in [0.2, 0.25) is 0 Å². The van der Waals surface area contributed by atoms with Crippen LogP contribution < -0.4 is 5.32 Å². The fraction of sp³-hybridized carbons (Fsp3) is 0.476. The van der Waals surface area contributed by atoms with Crippen LogP contribution >= 0.6 is 11.8 Å². The molecule has 1 aromatic carbocycles. The van der Waals surface area contributed by atoms with Gasteiger partial charge in [0.05, 0.1) is 4.91 Å². The Kier molecular flexibility index (Phi) is 5.53. The summed E-state index contributed by atoms with van der Waals surface area (Å²) in [5, 5.41) is 2.44. The molecule has 0 spiro atoms. The van der Waals surface area contributed by atoms with Gasteiger partial charge in [0.1, 0.15) is 5.82 Å². The van der Waals surface area contributed by atoms with Gasteiger partial charge in [-0.2, -0.15) is 0 Å². The number of benzene rings is 1. The number of carbonyl (C=O) groups excluding carboxylic acids is 3. The van der Waals surface area contributed by atoms with E-state index in [4.69, 9.17) is 0 Å². The van der Waals surface area contributed by atoms with Crippen molar-refractivity contribution < 1.29 is 18.8 Å². The minimum atomic E-state index is -0.444. The van der Waals surface area contributed by atoms with Gasteiger partial charge in [0, 0.05) is 25.1 Å². The Balaban J connectivity index is 1.28. The molecule has 148 valence electrons. The first-order valence-electron chi connectivity index (χ1n) is 9.78. The van der Waals surface area contributed by atoms with Crippen molar-refractivity contribution >= 4 is 34.9 Å². The lowest BCUT2D eigenvalue weighted by Crippen LogP contribution is -2.38. The number of thioether (sulfide) groups is 1. The summed E-state index contributed by atoms with van der Waals surface area (Å²) < 4.78 is 13.8. The molecule has 0 aromatic heterocycles. The summed E-state index contributed by atoms with van der Waals surface area (Å²) in [6.07, 6.45) is 6.91. The van der Waals surface area contributed by atoms with E-state index in [0.29, 0.717) is 18.3 Å². The molecule has 2 saturated carbocycles. The van der Waals surface area contributed by atoms with Gasteiger partial charge in [-0.3, -0.25) is 19.3 Å². The lowest BCUT2D eigenvalue weighted by atomic mass is 9.86. The third-order valence-corrected chi connectivity index (χ3v) is 6.96. The first kappa shape index (κ1) is 19.2. The zero-order chi connectivity index (χ0) is 19.7. The van der Waals surface area contributed by atoms with Crippen LogP contribution in [-0.4, -0.2) is 35.0 Å². The second-order valence-electron chi connectivity index (χ2n) is 7.84. The molecule has 2 aliphatic carbocycles. The van der Waals surface area contributed by atoms with Crippen molar-refractivity contribution in [2.24, 2.45) is 17.8 Å². The van der Waals surface area contributed by atoms with Crippen molar-refractivity contribution in [2.45, 2.75) is 32.1 Å². The summed E-state index contributed by atoms with van der Waals surface area (Å²) in [6, 6.07) is 6.10. The third kappa shape index (κ3) is 3.99. The van der Waals surface area contributed by atoms with E-state index >= 15 is 0 Å². The van der Waals surface area contributed by atoms with Crippen LogP contribution in [0.5, 0.6) is 0 Å². The second kappa shape index (κ2) is 8.07. The predicted octanol–water partition coefficient (Wildman–Crippen LogP) is 3.80. The molecule has 0 unspecified atom stereocenters. The Morgan fingerprint density at radius 1 is 1.25 bits per heavy atom. The monoisotopic (exact) mass is 402 g/mol. The van der Waals surface area contributed by atoms with E-state index in [1.54, 1.807) is 18.2 Å². The van der Waals surface area contributed by atoms with Crippen molar-refractivity contribution in [1.82, 2.24) is 10.2 Å². The van der Waals surface area contributed by atoms with Crippen LogP contribution in [0.3, 0.4) is 0 Å². The lowest BCUT2D eigenvalue weighted by molar-refractivity contribution is -0.124. The maximum absolute atomic E-state index is 13.8. The van der Waals surface area contributed by atoms with Crippen LogP contribution in [0, 0.1) is 23.6 Å². The number of nitrogens with zero attached hydrogens (tertiary/aromatic N) is 1. The Morgan fingerprint density at radius 2 is 2.07 bits per heavy atom. The zero-order valence-corrected chi connectivity index (χ0v) is 16.3. The predicted molar refractivity (Wildman–Crippen MR) is 106 cm³/mol. The van der Waals surface area contributed by atoms with Gasteiger partial charge in [0.15, 0.2) is 0 Å². The number of rotatable bonds is 6. The third-order valence-electron chi connectivity index (χ3n) is 6.06. The summed E-state index contributed by atoms with van der Waals surface area (Å²) in [4.78, 5) is 38.1. The van der Waals surface area contributed by atoms with Crippen molar-refractivity contribution in [3.05, 3.63) is 40.6 Å². The van der Waals surface area contributed by atoms with E-state index in [9.17, 15) is 18.8 Å². The normalized spacial score (nSPS) is 27.8. The number of fused-ring (bicyclic) bond motifs is 2. The van der Waals surface area contributed by atoms with E-state index in [1.807, 2.05) is 0 Å². The molecular weight excluding hydrogens is 379 g/mol. The topological polar surface area (TPSA) is 66.5 Å². The number of nitrogens with one attached hydrogen (secondary N) is 1. The van der Waals surface area contributed by atoms with Gasteiger partial charge in [-0.15, -0.1) is 0 Å². The maximum Gasteiger partial charge on any atom is 0.293 e. The van der Waals surface area contributed by atoms with Gasteiger partial charge in [-0.1, -0.05) is 24.6 Å². The Labute approximate surface area is 167 Å². The summed E-state index contributed by atoms with van der Waals surface area (Å²) in [5.41, 5.74) is 0.271. The molecule has 4 rings (SSSR count). The quantitative estimate of drug-likeness (QED) is 0.735. The highest BCUT2D eigenvalue weighted by Gasteiger charge is 2.40. The lowest BCUT2D eigenvalue weighted by Gasteiger charge is -2.21. The fourth-order valence-electron chi connectivity index (χ4n) is 4.67. The molecule has 7 heteroatoms. The largest absolute Gasteiger partial charge is 0.354 e. The van der Waals surface area contributed by atoms with Crippen molar-refractivity contribution in [1.29, 1.82) is 0 Å². The number of hydrogen-bond acceptors (Lipinski definition) is 4. The molecule has 0 radical (unpaired) electrons. The molecule has 3 amide bonds. The van der Waals surface area contributed by atoms with Crippen LogP contribution in [0.1, 0.15) is 37.7 Å². The molecule has 28 heavy (non-hydrogen) atoms. The summed E-state index contributed by atoms with van der Waals surface area (Å²) in [5.74, 6) is 1.09. The van der Waals surface area contributed by atoms with Crippen molar-refractivity contribution in [3.63, 3.8) is 0 Å². The second-order valence-corrected chi connectivity index (χ2v) is 8.84. The minimum Gasteiger partial charge on any atom is -0.354 e. The van der Waals surface area contributed by atoms with Crippen molar-refractivity contribution in [2.75, 3.05) is 13.1 Å². The molecule has 1 saturated heterocycles. The average molecular weight is 402 g/mol. The average Bonchev–Trinajstić information content (AvgIpc) is 3.34. The molecule has 1 heterocycles. The summed E-state index contributed by atoms with van der Waals surface area (Å²) >= 11 is 0.798. The summed E-state index contributed by atoms with van der Waals surface area (Å²) in [7, 11) is 0. The highest BCUT2D eigenvalue weighted by molar-refractivity contribution is 8.18. The number of amides is 3. The highest BCUT2D eigenvalue weighted by atomic mass is 32.2. The molecular formula is C21H23FN2O3S. The Morgan fingerprint density at radius 3 is 2.79 bits per heavy atom. The van der Waals surface area contributed by atoms with Gasteiger partial charge in [0.2, 0.25) is 5.91 Å². The smallest absolute Gasteiger partial charge is 0.293 e. The molecule has 2 bridgehead atoms. The van der Waals surface area contributed by atoms with Gasteiger partial charge < -0.3 is 5.32 Å². The van der Waals surface area contributed by atoms with E-state index in [2.05, 4.69) is 5.32 Å². The molecule has 1 aliphatic heterocycles. The SMILES string of the molecule is O=C(C[C@H]1C[C@H]2CC[C@@H]1C2)NCCN1C(=O)S/C(=C\c2ccccc2F)C1=O. The Bertz CT molecular complexity index is 841. The van der Waals surface area contributed by atoms with E-state index in [-0.39, 0.29) is 29.5 Å². The fourth-order valence-corrected chi connectivity index (χ4v) is 5.53. The molecule has 1 aromatic rings. The maximum atomic E-state index is 13.8. The number of carbonyl (C=O) groups is 3. The number of hydrogen-bond donors (Lipinski definition) is 1. The van der Waals surface area contributed by atoms with Gasteiger partial charge in [-0.05, 0) is 60.9 Å². The summed E-state index contributed by atoms with van der Waals surface area (Å²) in [6.45, 7) is 0.367. The Hall–Kier alpha value is -2.15. The van der Waals surface area contributed by atoms with E-state index in [0.717, 1.165) is 29.0 Å². The van der Waals surface area contributed by atoms with E-state index in [1.165, 1.54) is 31.4 Å². The van der Waals surface area contributed by atoms with Gasteiger partial charge in [0.25, 0.3) is 11.1 Å². The molecule has 3 aliphatic rings.